The number of rotatable bonds is 16. The molecule has 0 aliphatic carbocycles. The maximum absolute atomic E-state index is 10.3. The first kappa shape index (κ1) is 11.6. The largest absolute Gasteiger partial charge is 0.508 e. The van der Waals surface area contributed by atoms with E-state index in [0.717, 1.165) is 12.1 Å². The Bertz CT molecular complexity index is 1220. The normalized spacial score (nSPS) is 20.9. The van der Waals surface area contributed by atoms with Gasteiger partial charge in [0.2, 0.25) is 0 Å². The smallest absolute Gasteiger partial charge is 0.128 e. The molecule has 2 aromatic carbocycles. The second-order valence-corrected chi connectivity index (χ2v) is 6.53. The summed E-state index contributed by atoms with van der Waals surface area (Å²) in [5.41, 5.74) is -0.0523. The molecule has 0 aliphatic rings. The van der Waals surface area contributed by atoms with Crippen LogP contribution in [-0.2, 0) is 17.7 Å². The first-order valence-corrected chi connectivity index (χ1v) is 9.82. The van der Waals surface area contributed by atoms with E-state index >= 15 is 0 Å². The lowest BCUT2D eigenvalue weighted by Gasteiger charge is -2.12. The highest BCUT2D eigenvalue weighted by Gasteiger charge is 2.11. The number of aliphatic hydroxyl groups is 2. The number of benzene rings is 2. The molecule has 5 heteroatoms. The van der Waals surface area contributed by atoms with Crippen molar-refractivity contribution in [3.63, 3.8) is 0 Å². The molecule has 0 fully saturated rings. The Hall–Kier alpha value is -1.92. The van der Waals surface area contributed by atoms with Gasteiger partial charge in [0, 0.05) is 26.9 Å². The SMILES string of the molecule is [2H]c1cc([2H])c(C([2H])([2H])C([2H])([2H])C([2H])([2H])C([2H])([2H])OC([2H])([2H])CCCCC[NH2+]CC(O)c2ccc(O)c(CO)c2)c([2H])c1. The van der Waals surface area contributed by atoms with Gasteiger partial charge in [0.05, 0.1) is 22.7 Å². The summed E-state index contributed by atoms with van der Waals surface area (Å²) in [6.07, 6.45) is -11.0. The number of phenols is 1. The molecule has 1 unspecified atom stereocenters. The van der Waals surface area contributed by atoms with Gasteiger partial charge in [0.1, 0.15) is 18.4 Å². The molecule has 5 nitrogen and oxygen atoms in total. The van der Waals surface area contributed by atoms with Crippen LogP contribution in [0.3, 0.4) is 0 Å². The van der Waals surface area contributed by atoms with Gasteiger partial charge in [-0.25, -0.2) is 0 Å². The Balaban J connectivity index is 1.95. The third kappa shape index (κ3) is 9.72. The molecule has 1 atom stereocenters. The fraction of sp³-hybridized carbons (Fsp3) is 0.520. The zero-order chi connectivity index (χ0) is 33.0. The van der Waals surface area contributed by atoms with Gasteiger partial charge < -0.3 is 25.4 Å². The van der Waals surface area contributed by atoms with E-state index in [1.165, 1.54) is 12.1 Å². The van der Waals surface area contributed by atoms with Crippen molar-refractivity contribution < 1.29 is 43.2 Å². The summed E-state index contributed by atoms with van der Waals surface area (Å²) in [6.45, 7) is -5.95. The minimum absolute atomic E-state index is 0.0725. The molecule has 0 amide bonds. The number of quaternary nitrogens is 1. The average Bonchev–Trinajstić information content (AvgIpc) is 2.86. The summed E-state index contributed by atoms with van der Waals surface area (Å²) >= 11 is 0. The molecule has 166 valence electrons. The second kappa shape index (κ2) is 15.0. The van der Waals surface area contributed by atoms with Crippen LogP contribution in [0.4, 0.5) is 0 Å². The molecule has 0 heterocycles. The number of unbranched alkanes of at least 4 members (excludes halogenated alkanes) is 2. The summed E-state index contributed by atoms with van der Waals surface area (Å²) in [5, 5.41) is 31.0. The molecule has 0 aromatic heterocycles. The van der Waals surface area contributed by atoms with Crippen LogP contribution in [0, 0.1) is 0 Å². The van der Waals surface area contributed by atoms with Crippen LogP contribution in [0.1, 0.15) is 79.0 Å². The van der Waals surface area contributed by atoms with Crippen molar-refractivity contribution in [2.45, 2.75) is 57.5 Å². The molecule has 0 saturated heterocycles. The van der Waals surface area contributed by atoms with Crippen LogP contribution in [-0.4, -0.2) is 41.5 Å². The van der Waals surface area contributed by atoms with E-state index in [9.17, 15) is 15.3 Å². The Morgan fingerprint density at radius 3 is 2.67 bits per heavy atom. The minimum atomic E-state index is -3.80. The van der Waals surface area contributed by atoms with Crippen LogP contribution in [0.2, 0.25) is 0 Å². The quantitative estimate of drug-likeness (QED) is 0.309. The predicted octanol–water partition coefficient (Wildman–Crippen LogP) is 3.08. The summed E-state index contributed by atoms with van der Waals surface area (Å²) in [5.74, 6) is -0.0725. The first-order valence-electron chi connectivity index (χ1n) is 16.3. The van der Waals surface area contributed by atoms with Crippen LogP contribution in [0.15, 0.2) is 48.5 Å². The molecule has 0 saturated carbocycles. The van der Waals surface area contributed by atoms with Crippen LogP contribution < -0.4 is 5.32 Å². The lowest BCUT2D eigenvalue weighted by atomic mass is 10.1. The predicted molar refractivity (Wildman–Crippen MR) is 119 cm³/mol. The molecular formula is C25H38NO4+. The zero-order valence-electron chi connectivity index (χ0n) is 29.7. The monoisotopic (exact) mass is 429 g/mol. The number of hydrogen-bond acceptors (Lipinski definition) is 4. The first-order chi connectivity index (χ1) is 19.6. The van der Waals surface area contributed by atoms with Gasteiger partial charge in [-0.3, -0.25) is 0 Å². The second-order valence-electron chi connectivity index (χ2n) is 6.53. The van der Waals surface area contributed by atoms with Gasteiger partial charge in [0.15, 0.2) is 0 Å². The summed E-state index contributed by atoms with van der Waals surface area (Å²) in [7, 11) is 0. The topological polar surface area (TPSA) is 86.5 Å². The van der Waals surface area contributed by atoms with Crippen molar-refractivity contribution >= 4 is 0 Å². The van der Waals surface area contributed by atoms with E-state index in [1.807, 2.05) is 5.32 Å². The fourth-order valence-corrected chi connectivity index (χ4v) is 2.63. The van der Waals surface area contributed by atoms with Crippen LogP contribution >= 0.6 is 0 Å². The van der Waals surface area contributed by atoms with E-state index in [4.69, 9.17) is 22.6 Å². The van der Waals surface area contributed by atoms with Gasteiger partial charge in [-0.1, -0.05) is 42.7 Å². The van der Waals surface area contributed by atoms with Gasteiger partial charge in [-0.05, 0) is 61.6 Å². The van der Waals surface area contributed by atoms with E-state index < -0.39 is 56.0 Å². The molecule has 0 radical (unpaired) electrons. The molecule has 0 bridgehead atoms. The van der Waals surface area contributed by atoms with Crippen molar-refractivity contribution in [3.05, 3.63) is 65.1 Å². The lowest BCUT2D eigenvalue weighted by Crippen LogP contribution is -2.85. The maximum Gasteiger partial charge on any atom is 0.128 e. The zero-order valence-corrected chi connectivity index (χ0v) is 16.7. The van der Waals surface area contributed by atoms with Gasteiger partial charge in [-0.2, -0.15) is 0 Å². The Labute approximate surface area is 199 Å². The number of ether oxygens (including phenoxy) is 1. The van der Waals surface area contributed by atoms with Crippen LogP contribution in [0.25, 0.3) is 0 Å². The van der Waals surface area contributed by atoms with Crippen molar-refractivity contribution in [3.8, 4) is 5.75 Å². The Kier molecular flexibility index (Phi) is 5.80. The molecule has 30 heavy (non-hydrogen) atoms. The third-order valence-corrected chi connectivity index (χ3v) is 4.26. The third-order valence-electron chi connectivity index (χ3n) is 4.26. The van der Waals surface area contributed by atoms with E-state index in [-0.39, 0.29) is 31.2 Å². The average molecular weight is 430 g/mol. The summed E-state index contributed by atoms with van der Waals surface area (Å²) in [6, 6.07) is 4.36. The number of nitrogens with two attached hydrogens (primary N) is 1. The lowest BCUT2D eigenvalue weighted by molar-refractivity contribution is -0.662. The number of aliphatic hydroxyl groups excluding tert-OH is 2. The van der Waals surface area contributed by atoms with Crippen molar-refractivity contribution in [1.82, 2.24) is 0 Å². The van der Waals surface area contributed by atoms with Gasteiger partial charge >= 0.3 is 0 Å². The van der Waals surface area contributed by atoms with Crippen molar-refractivity contribution in [1.29, 1.82) is 0 Å². The standard InChI is InChI=1S/C25H37NO4/c27-20-23-18-22(13-14-24(23)28)25(29)19-26-15-7-1-2-8-16-30-17-9-6-12-21-10-4-3-5-11-21/h3-5,10-11,13-14,18,25-29H,1-2,6-9,12,15-17,19-20H2/p+1/i3D,6D2,9D2,10D,11D,12D2,16D2,17D2. The van der Waals surface area contributed by atoms with Gasteiger partial charge in [-0.15, -0.1) is 0 Å². The molecular weight excluding hydrogens is 378 g/mol. The Morgan fingerprint density at radius 1 is 1.07 bits per heavy atom. The van der Waals surface area contributed by atoms with Crippen LogP contribution in [0.5, 0.6) is 5.75 Å². The number of aromatic hydroxyl groups is 1. The Morgan fingerprint density at radius 2 is 1.87 bits per heavy atom. The fourth-order valence-electron chi connectivity index (χ4n) is 2.63. The van der Waals surface area contributed by atoms with E-state index in [2.05, 4.69) is 0 Å². The summed E-state index contributed by atoms with van der Waals surface area (Å²) < 4.78 is 110. The maximum atomic E-state index is 10.3. The molecule has 5 N–H and O–H groups in total. The minimum Gasteiger partial charge on any atom is -0.508 e. The molecule has 0 spiro atoms. The van der Waals surface area contributed by atoms with Crippen molar-refractivity contribution in [2.24, 2.45) is 0 Å². The molecule has 0 aliphatic heterocycles. The molecule has 2 aromatic rings. The van der Waals surface area contributed by atoms with Crippen molar-refractivity contribution in [2.75, 3.05) is 26.2 Å². The molecule has 2 rings (SSSR count). The van der Waals surface area contributed by atoms with Gasteiger partial charge in [0.25, 0.3) is 0 Å². The van der Waals surface area contributed by atoms with E-state index in [0.29, 0.717) is 37.1 Å². The highest BCUT2D eigenvalue weighted by atomic mass is 16.5. The highest BCUT2D eigenvalue weighted by Crippen LogP contribution is 2.21. The van der Waals surface area contributed by atoms with E-state index in [1.54, 1.807) is 6.07 Å². The highest BCUT2D eigenvalue weighted by molar-refractivity contribution is 5.36. The summed E-state index contributed by atoms with van der Waals surface area (Å²) in [4.78, 5) is 0. The number of hydrogen-bond donors (Lipinski definition) is 4.